The average molecular weight is 141 g/mol. The topological polar surface area (TPSA) is 78.9 Å². The molecule has 1 amide bonds. The van der Waals surface area contributed by atoms with Gasteiger partial charge in [-0.1, -0.05) is 0 Å². The van der Waals surface area contributed by atoms with E-state index < -0.39 is 6.09 Å². The molecule has 0 atom stereocenters. The van der Waals surface area contributed by atoms with E-state index in [9.17, 15) is 4.79 Å². The summed E-state index contributed by atoms with van der Waals surface area (Å²) in [6.45, 7) is 0.282. The van der Waals surface area contributed by atoms with Crippen LogP contribution in [0.25, 0.3) is 0 Å². The molecule has 5 heteroatoms. The van der Waals surface area contributed by atoms with E-state index in [1.807, 2.05) is 0 Å². The lowest BCUT2D eigenvalue weighted by molar-refractivity contribution is 0.171. The lowest BCUT2D eigenvalue weighted by Gasteiger charge is -2.17. The van der Waals surface area contributed by atoms with Crippen LogP contribution in [0.3, 0.4) is 0 Å². The highest BCUT2D eigenvalue weighted by Gasteiger charge is 2.15. The average Bonchev–Trinajstić information content (AvgIpc) is 1.88. The number of hydrogen-bond acceptors (Lipinski definition) is 3. The lowest BCUT2D eigenvalue weighted by Crippen LogP contribution is -2.42. The molecule has 0 aromatic heterocycles. The number of hydrogen-bond donors (Lipinski definition) is 2. The Bertz CT molecular complexity index is 209. The molecule has 0 saturated carbocycles. The quantitative estimate of drug-likeness (QED) is 0.490. The summed E-state index contributed by atoms with van der Waals surface area (Å²) in [5, 5.41) is 8.44. The maximum absolute atomic E-state index is 10.3. The fraction of sp³-hybridized carbons (Fsp3) is 0.200. The molecule has 0 aliphatic carbocycles. The first-order valence-electron chi connectivity index (χ1n) is 2.70. The molecule has 1 heterocycles. The Morgan fingerprint density at radius 2 is 2.60 bits per heavy atom. The molecular weight excluding hydrogens is 134 g/mol. The zero-order chi connectivity index (χ0) is 7.56. The standard InChI is InChI=1S/C5H7N3O2/c6-4-7-2-1-3-8(4)5(9)10/h1-2H,3H2,(H2,6,7)(H,9,10). The summed E-state index contributed by atoms with van der Waals surface area (Å²) < 4.78 is 0. The number of carboxylic acid groups (broad SMARTS) is 1. The molecule has 0 spiro atoms. The first-order chi connectivity index (χ1) is 4.72. The van der Waals surface area contributed by atoms with Crippen molar-refractivity contribution in [1.29, 1.82) is 0 Å². The van der Waals surface area contributed by atoms with Crippen molar-refractivity contribution in [2.75, 3.05) is 6.54 Å². The summed E-state index contributed by atoms with van der Waals surface area (Å²) in [5.41, 5.74) is 5.22. The third-order valence-corrected chi connectivity index (χ3v) is 1.11. The zero-order valence-corrected chi connectivity index (χ0v) is 5.19. The van der Waals surface area contributed by atoms with Gasteiger partial charge in [0.1, 0.15) is 0 Å². The van der Waals surface area contributed by atoms with Crippen LogP contribution in [0.4, 0.5) is 4.79 Å². The van der Waals surface area contributed by atoms with Crippen molar-refractivity contribution in [2.45, 2.75) is 0 Å². The van der Waals surface area contributed by atoms with Crippen molar-refractivity contribution in [3.05, 3.63) is 12.3 Å². The highest BCUT2D eigenvalue weighted by Crippen LogP contribution is 1.96. The molecule has 10 heavy (non-hydrogen) atoms. The smallest absolute Gasteiger partial charge is 0.414 e. The van der Waals surface area contributed by atoms with E-state index in [0.29, 0.717) is 0 Å². The molecule has 0 fully saturated rings. The molecule has 0 saturated heterocycles. The van der Waals surface area contributed by atoms with E-state index >= 15 is 0 Å². The Morgan fingerprint density at radius 1 is 1.90 bits per heavy atom. The van der Waals surface area contributed by atoms with Crippen LogP contribution in [0.15, 0.2) is 17.3 Å². The number of guanidine groups is 1. The van der Waals surface area contributed by atoms with Gasteiger partial charge in [-0.05, 0) is 6.08 Å². The normalized spacial score (nSPS) is 16.8. The van der Waals surface area contributed by atoms with E-state index in [0.717, 1.165) is 4.90 Å². The van der Waals surface area contributed by atoms with Crippen LogP contribution < -0.4 is 5.73 Å². The van der Waals surface area contributed by atoms with E-state index in [1.165, 1.54) is 6.20 Å². The van der Waals surface area contributed by atoms with Crippen molar-refractivity contribution in [3.63, 3.8) is 0 Å². The predicted octanol–water partition coefficient (Wildman–Crippen LogP) is -0.192. The molecule has 54 valence electrons. The van der Waals surface area contributed by atoms with Crippen molar-refractivity contribution in [2.24, 2.45) is 10.7 Å². The third-order valence-electron chi connectivity index (χ3n) is 1.11. The second kappa shape index (κ2) is 2.38. The SMILES string of the molecule is NC1=NC=CCN1C(=O)O. The van der Waals surface area contributed by atoms with Gasteiger partial charge in [-0.15, -0.1) is 0 Å². The fourth-order valence-electron chi connectivity index (χ4n) is 0.621. The number of nitrogens with zero attached hydrogens (tertiary/aromatic N) is 2. The van der Waals surface area contributed by atoms with Gasteiger partial charge in [-0.3, -0.25) is 0 Å². The van der Waals surface area contributed by atoms with Crippen molar-refractivity contribution in [1.82, 2.24) is 4.90 Å². The monoisotopic (exact) mass is 141 g/mol. The number of aliphatic imine (C=N–C) groups is 1. The minimum atomic E-state index is -1.08. The molecule has 0 unspecified atom stereocenters. The Hall–Kier alpha value is -1.52. The van der Waals surface area contributed by atoms with Crippen LogP contribution >= 0.6 is 0 Å². The zero-order valence-electron chi connectivity index (χ0n) is 5.19. The van der Waals surface area contributed by atoms with Gasteiger partial charge in [0.2, 0.25) is 5.96 Å². The minimum absolute atomic E-state index is 0.0231. The van der Waals surface area contributed by atoms with Crippen LogP contribution in [-0.2, 0) is 0 Å². The van der Waals surface area contributed by atoms with Gasteiger partial charge in [-0.25, -0.2) is 14.7 Å². The van der Waals surface area contributed by atoms with E-state index in [2.05, 4.69) is 4.99 Å². The molecule has 0 aromatic carbocycles. The summed E-state index contributed by atoms with van der Waals surface area (Å²) >= 11 is 0. The molecule has 1 aliphatic heterocycles. The summed E-state index contributed by atoms with van der Waals surface area (Å²) in [6, 6.07) is 0. The molecule has 0 aromatic rings. The molecule has 0 radical (unpaired) electrons. The molecule has 3 N–H and O–H groups in total. The van der Waals surface area contributed by atoms with Gasteiger partial charge in [-0.2, -0.15) is 0 Å². The highest BCUT2D eigenvalue weighted by atomic mass is 16.4. The van der Waals surface area contributed by atoms with Gasteiger partial charge in [0.25, 0.3) is 0 Å². The van der Waals surface area contributed by atoms with Crippen LogP contribution in [0, 0.1) is 0 Å². The Balaban J connectivity index is 2.73. The van der Waals surface area contributed by atoms with Gasteiger partial charge < -0.3 is 10.8 Å². The minimum Gasteiger partial charge on any atom is -0.465 e. The largest absolute Gasteiger partial charge is 0.465 e. The Kier molecular flexibility index (Phi) is 1.57. The molecule has 1 aliphatic rings. The van der Waals surface area contributed by atoms with Crippen molar-refractivity contribution < 1.29 is 9.90 Å². The van der Waals surface area contributed by atoms with E-state index in [4.69, 9.17) is 10.8 Å². The van der Waals surface area contributed by atoms with Gasteiger partial charge in [0.15, 0.2) is 0 Å². The first-order valence-corrected chi connectivity index (χ1v) is 2.70. The number of nitrogens with two attached hydrogens (primary N) is 1. The Morgan fingerprint density at radius 3 is 3.00 bits per heavy atom. The van der Waals surface area contributed by atoms with Crippen LogP contribution in [0.5, 0.6) is 0 Å². The summed E-state index contributed by atoms with van der Waals surface area (Å²) in [6.07, 6.45) is 2.02. The summed E-state index contributed by atoms with van der Waals surface area (Å²) in [5.74, 6) is 0.0231. The predicted molar refractivity (Wildman–Crippen MR) is 35.5 cm³/mol. The molecule has 5 nitrogen and oxygen atoms in total. The second-order valence-electron chi connectivity index (χ2n) is 1.77. The molecule has 1 rings (SSSR count). The number of rotatable bonds is 0. The van der Waals surface area contributed by atoms with Gasteiger partial charge in [0, 0.05) is 6.20 Å². The van der Waals surface area contributed by atoms with Crippen molar-refractivity contribution in [3.8, 4) is 0 Å². The molecular formula is C5H7N3O2. The maximum atomic E-state index is 10.3. The maximum Gasteiger partial charge on any atom is 0.414 e. The van der Waals surface area contributed by atoms with Gasteiger partial charge in [0.05, 0.1) is 6.54 Å². The first kappa shape index (κ1) is 6.60. The summed E-state index contributed by atoms with van der Waals surface area (Å²) in [4.78, 5) is 14.8. The van der Waals surface area contributed by atoms with Crippen LogP contribution in [0.2, 0.25) is 0 Å². The van der Waals surface area contributed by atoms with E-state index in [-0.39, 0.29) is 12.5 Å². The van der Waals surface area contributed by atoms with Crippen LogP contribution in [-0.4, -0.2) is 28.6 Å². The van der Waals surface area contributed by atoms with Crippen LogP contribution in [0.1, 0.15) is 0 Å². The molecule has 0 bridgehead atoms. The lowest BCUT2D eigenvalue weighted by atomic mass is 10.5. The Labute approximate surface area is 57.5 Å². The van der Waals surface area contributed by atoms with Crippen molar-refractivity contribution >= 4 is 12.1 Å². The second-order valence-corrected chi connectivity index (χ2v) is 1.77. The number of carbonyl (C=O) groups is 1. The van der Waals surface area contributed by atoms with Gasteiger partial charge >= 0.3 is 6.09 Å². The summed E-state index contributed by atoms with van der Waals surface area (Å²) in [7, 11) is 0. The fourth-order valence-corrected chi connectivity index (χ4v) is 0.621. The third kappa shape index (κ3) is 1.07. The van der Waals surface area contributed by atoms with E-state index in [1.54, 1.807) is 6.08 Å². The number of amides is 1. The highest BCUT2D eigenvalue weighted by molar-refractivity contribution is 5.93.